The minimum absolute atomic E-state index is 0.689. The topological polar surface area (TPSA) is 0 Å². The molecular formula is C34H36Cl3CrP3+3. The van der Waals surface area contributed by atoms with Gasteiger partial charge < -0.3 is 0 Å². The average Bonchev–Trinajstić information content (AvgIpc) is 3.02. The van der Waals surface area contributed by atoms with Crippen LogP contribution in [0.2, 0.25) is 0 Å². The van der Waals surface area contributed by atoms with Crippen LogP contribution in [-0.2, 0) is 11.4 Å². The van der Waals surface area contributed by atoms with E-state index in [9.17, 15) is 0 Å². The van der Waals surface area contributed by atoms with Crippen LogP contribution in [0.4, 0.5) is 0 Å². The fraction of sp³-hybridized carbons (Fsp3) is 0.118. The molecule has 0 radical (unpaired) electrons. The third kappa shape index (κ3) is 11.1. The first kappa shape index (κ1) is 32.7. The summed E-state index contributed by atoms with van der Waals surface area (Å²) >= 11 is -1.62. The summed E-state index contributed by atoms with van der Waals surface area (Å²) < 4.78 is 0. The first-order valence-electron chi connectivity index (χ1n) is 13.7. The monoisotopic (exact) mass is 694 g/mol. The zero-order valence-corrected chi connectivity index (χ0v) is 29.3. The molecule has 0 spiro atoms. The van der Waals surface area contributed by atoms with E-state index in [2.05, 4.69) is 152 Å². The van der Waals surface area contributed by atoms with Gasteiger partial charge in [0.15, 0.2) is 0 Å². The largest absolute Gasteiger partial charge is 0.100 e. The predicted molar refractivity (Wildman–Crippen MR) is 192 cm³/mol. The molecule has 0 aliphatic rings. The average molecular weight is 696 g/mol. The normalized spacial score (nSPS) is 11.1. The Bertz CT molecular complexity index is 1210. The molecule has 0 atom stereocenters. The summed E-state index contributed by atoms with van der Waals surface area (Å²) in [4.78, 5) is 0. The number of benzene rings is 5. The molecule has 0 aliphatic heterocycles. The van der Waals surface area contributed by atoms with Gasteiger partial charge in [0, 0.05) is 7.92 Å². The molecule has 0 saturated carbocycles. The van der Waals surface area contributed by atoms with Crippen molar-refractivity contribution in [3.63, 3.8) is 0 Å². The molecule has 0 fully saturated rings. The molecule has 0 amide bonds. The number of hydrogen-bond acceptors (Lipinski definition) is 0. The van der Waals surface area contributed by atoms with E-state index < -0.39 is 35.1 Å². The SMILES string of the molecule is [Cl][Cr]([Cl])[Cl].c1ccc([PH+](CC[PH+](c2ccccc2)c2ccccc2)CC[PH+](c2ccccc2)c2ccccc2)cc1. The first-order valence-corrected chi connectivity index (χ1v) is 24.3. The van der Waals surface area contributed by atoms with Crippen LogP contribution in [0.1, 0.15) is 0 Å². The van der Waals surface area contributed by atoms with Crippen LogP contribution in [0.5, 0.6) is 0 Å². The zero-order chi connectivity index (χ0) is 28.7. The van der Waals surface area contributed by atoms with Gasteiger partial charge >= 0.3 is 41.5 Å². The summed E-state index contributed by atoms with van der Waals surface area (Å²) in [5.74, 6) is 0. The van der Waals surface area contributed by atoms with Crippen LogP contribution in [0.3, 0.4) is 0 Å². The Hall–Kier alpha value is -1.21. The van der Waals surface area contributed by atoms with Gasteiger partial charge in [-0.3, -0.25) is 0 Å². The quantitative estimate of drug-likeness (QED) is 0.122. The van der Waals surface area contributed by atoms with Crippen molar-refractivity contribution in [1.82, 2.24) is 0 Å². The maximum absolute atomic E-state index is 4.93. The second kappa shape index (κ2) is 18.5. The van der Waals surface area contributed by atoms with E-state index in [0.717, 1.165) is 0 Å². The molecule has 7 heteroatoms. The van der Waals surface area contributed by atoms with E-state index in [1.165, 1.54) is 45.9 Å². The van der Waals surface area contributed by atoms with Crippen LogP contribution in [0.15, 0.2) is 152 Å². The number of rotatable bonds is 11. The Morgan fingerprint density at radius 2 is 0.561 bits per heavy atom. The van der Waals surface area contributed by atoms with Gasteiger partial charge in [-0.05, 0) is 60.7 Å². The summed E-state index contributed by atoms with van der Waals surface area (Å²) in [6.45, 7) is 0. The Balaban J connectivity index is 0.000000909. The minimum atomic E-state index is -1.62. The standard InChI is InChI=1S/C34H33P3.3ClH.Cr/c1-6-16-30(17-7-1)35(26-28-36(31-18-8-2-9-19-31)32-20-10-3-11-21-32)27-29-37(33-22-12-4-13-23-33)34-24-14-5-15-25-34;;;;/h1-25H,26-29H2;3*1H;/q;;;;+3. The second-order valence-corrected chi connectivity index (χ2v) is 23.9. The molecule has 0 saturated heterocycles. The molecule has 41 heavy (non-hydrogen) atoms. The van der Waals surface area contributed by atoms with Crippen LogP contribution in [0.25, 0.3) is 0 Å². The number of halogens is 3. The van der Waals surface area contributed by atoms with Gasteiger partial charge in [-0.2, -0.15) is 0 Å². The van der Waals surface area contributed by atoms with Crippen LogP contribution in [0, 0.1) is 0 Å². The summed E-state index contributed by atoms with van der Waals surface area (Å²) in [7, 11) is 12.5. The minimum Gasteiger partial charge on any atom is -0.0620 e. The van der Waals surface area contributed by atoms with E-state index in [-0.39, 0.29) is 0 Å². The van der Waals surface area contributed by atoms with Crippen molar-refractivity contribution in [3.8, 4) is 0 Å². The van der Waals surface area contributed by atoms with Crippen LogP contribution < -0.4 is 26.5 Å². The Morgan fingerprint density at radius 3 is 0.805 bits per heavy atom. The van der Waals surface area contributed by atoms with Gasteiger partial charge in [-0.15, -0.1) is 0 Å². The fourth-order valence-electron chi connectivity index (χ4n) is 5.11. The molecule has 0 nitrogen and oxygen atoms in total. The van der Waals surface area contributed by atoms with E-state index in [1.807, 2.05) is 0 Å². The maximum atomic E-state index is 4.93. The molecule has 0 unspecified atom stereocenters. The van der Waals surface area contributed by atoms with Crippen molar-refractivity contribution in [1.29, 1.82) is 0 Å². The molecule has 0 N–H and O–H groups in total. The molecule has 0 bridgehead atoms. The van der Waals surface area contributed by atoms with E-state index in [0.29, 0.717) is 0 Å². The van der Waals surface area contributed by atoms with E-state index in [1.54, 1.807) is 5.30 Å². The van der Waals surface area contributed by atoms with Gasteiger partial charge in [-0.25, -0.2) is 0 Å². The molecule has 5 aromatic rings. The molecule has 5 rings (SSSR count). The van der Waals surface area contributed by atoms with Gasteiger partial charge in [0.1, 0.15) is 12.3 Å². The predicted octanol–water partition coefficient (Wildman–Crippen LogP) is 8.32. The van der Waals surface area contributed by atoms with Gasteiger partial charge in [-0.1, -0.05) is 91.0 Å². The Kier molecular flexibility index (Phi) is 14.7. The molecule has 0 aromatic heterocycles. The van der Waals surface area contributed by atoms with Crippen molar-refractivity contribution in [2.24, 2.45) is 0 Å². The molecule has 5 aromatic carbocycles. The van der Waals surface area contributed by atoms with Crippen molar-refractivity contribution in [2.75, 3.05) is 24.6 Å². The van der Waals surface area contributed by atoms with Gasteiger partial charge in [0.05, 0.1) is 54.7 Å². The van der Waals surface area contributed by atoms with Crippen LogP contribution in [-0.4, -0.2) is 24.6 Å². The summed E-state index contributed by atoms with van der Waals surface area (Å²) in [6, 6.07) is 56.5. The van der Waals surface area contributed by atoms with E-state index >= 15 is 0 Å². The number of hydrogen-bond donors (Lipinski definition) is 0. The third-order valence-electron chi connectivity index (χ3n) is 7.02. The summed E-state index contributed by atoms with van der Waals surface area (Å²) in [6.07, 6.45) is 5.23. The first-order chi connectivity index (χ1) is 20.1. The van der Waals surface area contributed by atoms with Gasteiger partial charge in [0.2, 0.25) is 0 Å². The molecular weight excluding hydrogens is 660 g/mol. The molecule has 0 aliphatic carbocycles. The molecule has 211 valence electrons. The van der Waals surface area contributed by atoms with Gasteiger partial charge in [0.25, 0.3) is 0 Å². The summed E-state index contributed by atoms with van der Waals surface area (Å²) in [5, 5.41) is 7.73. The zero-order valence-electron chi connectivity index (χ0n) is 22.8. The maximum Gasteiger partial charge on any atom is 0.100 e. The van der Waals surface area contributed by atoms with Crippen molar-refractivity contribution in [2.45, 2.75) is 0 Å². The second-order valence-electron chi connectivity index (χ2n) is 9.57. The Morgan fingerprint density at radius 1 is 0.341 bits per heavy atom. The third-order valence-corrected chi connectivity index (χ3v) is 16.5. The van der Waals surface area contributed by atoms with E-state index in [4.69, 9.17) is 30.1 Å². The Labute approximate surface area is 266 Å². The van der Waals surface area contributed by atoms with Crippen molar-refractivity contribution < 1.29 is 11.4 Å². The van der Waals surface area contributed by atoms with Crippen LogP contribution >= 0.6 is 53.9 Å². The fourth-order valence-corrected chi connectivity index (χ4v) is 15.2. The van der Waals surface area contributed by atoms with Crippen molar-refractivity contribution >= 4 is 80.4 Å². The van der Waals surface area contributed by atoms with Crippen molar-refractivity contribution in [3.05, 3.63) is 152 Å². The molecule has 0 heterocycles. The smallest absolute Gasteiger partial charge is 0.0620 e. The summed E-state index contributed by atoms with van der Waals surface area (Å²) in [5.41, 5.74) is 0.